The number of anilines is 2. The fraction of sp³-hybridized carbons (Fsp3) is 0.136. The fourth-order valence-electron chi connectivity index (χ4n) is 3.32. The van der Waals surface area contributed by atoms with Crippen molar-refractivity contribution < 1.29 is 19.5 Å². The van der Waals surface area contributed by atoms with E-state index in [1.165, 1.54) is 23.8 Å². The summed E-state index contributed by atoms with van der Waals surface area (Å²) in [5.74, 6) is -0.671. The number of aromatic nitrogens is 2. The van der Waals surface area contributed by atoms with Gasteiger partial charge in [0.15, 0.2) is 5.52 Å². The van der Waals surface area contributed by atoms with Crippen LogP contribution in [0.3, 0.4) is 0 Å². The molecule has 0 saturated heterocycles. The number of carboxylic acid groups (broad SMARTS) is 1. The molecule has 0 saturated carbocycles. The minimum Gasteiger partial charge on any atom is -0.478 e. The molecule has 1 heterocycles. The molecule has 2 N–H and O–H groups in total. The zero-order valence-electron chi connectivity index (χ0n) is 16.7. The van der Waals surface area contributed by atoms with Gasteiger partial charge in [0.05, 0.1) is 16.2 Å². The van der Waals surface area contributed by atoms with Crippen molar-refractivity contribution in [2.75, 3.05) is 5.32 Å². The van der Waals surface area contributed by atoms with Gasteiger partial charge in [0.2, 0.25) is 5.52 Å². The van der Waals surface area contributed by atoms with E-state index in [4.69, 9.17) is 4.63 Å². The van der Waals surface area contributed by atoms with Crippen LogP contribution in [0, 0.1) is 10.1 Å². The Balaban J connectivity index is 1.81. The Morgan fingerprint density at radius 1 is 1.03 bits per heavy atom. The minimum atomic E-state index is -1.04. The van der Waals surface area contributed by atoms with E-state index in [-0.39, 0.29) is 22.3 Å². The molecular formula is C22H18N4O5. The molecule has 1 aromatic heterocycles. The Kier molecular flexibility index (Phi) is 5.08. The first-order valence-corrected chi connectivity index (χ1v) is 9.49. The summed E-state index contributed by atoms with van der Waals surface area (Å²) < 4.78 is 4.71. The standard InChI is InChI=1S/C22H18N4O5/c1-12(2)13-3-5-14(6-4-13)16-11-15(22(27)28)7-8-17(16)23-18-9-10-19(26(29)30)21-20(18)24-31-25-21/h3-12,23H,1-2H3,(H,27,28). The molecular weight excluding hydrogens is 400 g/mol. The number of carbonyl (C=O) groups is 1. The summed E-state index contributed by atoms with van der Waals surface area (Å²) in [5.41, 5.74) is 3.88. The second-order valence-electron chi connectivity index (χ2n) is 7.32. The Bertz CT molecular complexity index is 1300. The Morgan fingerprint density at radius 2 is 1.71 bits per heavy atom. The third-order valence-corrected chi connectivity index (χ3v) is 5.02. The average Bonchev–Trinajstić information content (AvgIpc) is 3.24. The van der Waals surface area contributed by atoms with E-state index in [1.54, 1.807) is 12.1 Å². The highest BCUT2D eigenvalue weighted by molar-refractivity contribution is 5.97. The van der Waals surface area contributed by atoms with Gasteiger partial charge in [-0.25, -0.2) is 9.42 Å². The molecule has 4 rings (SSSR count). The molecule has 0 amide bonds. The molecule has 156 valence electrons. The molecule has 4 aromatic rings. The van der Waals surface area contributed by atoms with E-state index >= 15 is 0 Å². The summed E-state index contributed by atoms with van der Waals surface area (Å²) in [6.45, 7) is 4.19. The van der Waals surface area contributed by atoms with E-state index in [1.807, 2.05) is 24.3 Å². The van der Waals surface area contributed by atoms with Crippen LogP contribution in [-0.4, -0.2) is 26.3 Å². The van der Waals surface area contributed by atoms with Crippen molar-refractivity contribution in [1.29, 1.82) is 0 Å². The zero-order valence-corrected chi connectivity index (χ0v) is 16.7. The van der Waals surface area contributed by atoms with Crippen molar-refractivity contribution >= 4 is 34.1 Å². The number of benzene rings is 3. The van der Waals surface area contributed by atoms with Crippen molar-refractivity contribution in [2.24, 2.45) is 0 Å². The summed E-state index contributed by atoms with van der Waals surface area (Å²) in [4.78, 5) is 22.2. The number of hydrogen-bond acceptors (Lipinski definition) is 7. The van der Waals surface area contributed by atoms with Gasteiger partial charge in [0.25, 0.3) is 0 Å². The van der Waals surface area contributed by atoms with Crippen LogP contribution in [0.2, 0.25) is 0 Å². The van der Waals surface area contributed by atoms with Gasteiger partial charge in [-0.3, -0.25) is 10.1 Å². The number of carboxylic acids is 1. The van der Waals surface area contributed by atoms with Crippen LogP contribution in [-0.2, 0) is 0 Å². The van der Waals surface area contributed by atoms with Gasteiger partial charge < -0.3 is 10.4 Å². The van der Waals surface area contributed by atoms with Crippen LogP contribution in [0.5, 0.6) is 0 Å². The van der Waals surface area contributed by atoms with E-state index in [9.17, 15) is 20.0 Å². The molecule has 0 atom stereocenters. The van der Waals surface area contributed by atoms with Gasteiger partial charge >= 0.3 is 11.7 Å². The third kappa shape index (κ3) is 3.80. The highest BCUT2D eigenvalue weighted by Gasteiger charge is 2.20. The molecule has 31 heavy (non-hydrogen) atoms. The lowest BCUT2D eigenvalue weighted by molar-refractivity contribution is -0.383. The smallest absolute Gasteiger partial charge is 0.335 e. The molecule has 0 aliphatic heterocycles. The molecule has 0 bridgehead atoms. The zero-order chi connectivity index (χ0) is 22.1. The SMILES string of the molecule is CC(C)c1ccc(-c2cc(C(=O)O)ccc2Nc2ccc([N+](=O)[O-])c3nonc23)cc1. The summed E-state index contributed by atoms with van der Waals surface area (Å²) in [6.07, 6.45) is 0. The number of nitro groups is 1. The molecule has 3 aromatic carbocycles. The number of aromatic carboxylic acids is 1. The first-order chi connectivity index (χ1) is 14.8. The molecule has 0 spiro atoms. The van der Waals surface area contributed by atoms with Gasteiger partial charge in [-0.1, -0.05) is 38.1 Å². The number of nitrogens with one attached hydrogen (secondary N) is 1. The first kappa shape index (κ1) is 20.0. The van der Waals surface area contributed by atoms with Crippen LogP contribution in [0.25, 0.3) is 22.2 Å². The minimum absolute atomic E-state index is 0.0278. The van der Waals surface area contributed by atoms with Crippen LogP contribution < -0.4 is 5.32 Å². The van der Waals surface area contributed by atoms with Crippen LogP contribution in [0.4, 0.5) is 17.1 Å². The van der Waals surface area contributed by atoms with Gasteiger partial charge in [-0.15, -0.1) is 0 Å². The lowest BCUT2D eigenvalue weighted by Gasteiger charge is -2.14. The molecule has 0 radical (unpaired) electrons. The van der Waals surface area contributed by atoms with E-state index in [2.05, 4.69) is 29.5 Å². The van der Waals surface area contributed by atoms with E-state index in [0.717, 1.165) is 5.56 Å². The van der Waals surface area contributed by atoms with Gasteiger partial charge in [0, 0.05) is 17.3 Å². The van der Waals surface area contributed by atoms with Gasteiger partial charge in [-0.05, 0) is 51.6 Å². The molecule has 9 nitrogen and oxygen atoms in total. The lowest BCUT2D eigenvalue weighted by atomic mass is 9.96. The monoisotopic (exact) mass is 418 g/mol. The average molecular weight is 418 g/mol. The predicted octanol–water partition coefficient (Wildman–Crippen LogP) is 5.36. The molecule has 0 aliphatic rings. The number of hydrogen-bond donors (Lipinski definition) is 2. The largest absolute Gasteiger partial charge is 0.478 e. The van der Waals surface area contributed by atoms with Crippen molar-refractivity contribution in [2.45, 2.75) is 19.8 Å². The number of rotatable bonds is 6. The molecule has 0 fully saturated rings. The summed E-state index contributed by atoms with van der Waals surface area (Å²) in [6, 6.07) is 15.4. The van der Waals surface area contributed by atoms with Crippen LogP contribution >= 0.6 is 0 Å². The highest BCUT2D eigenvalue weighted by Crippen LogP contribution is 2.35. The van der Waals surface area contributed by atoms with Crippen molar-refractivity contribution in [3.05, 3.63) is 75.8 Å². The highest BCUT2D eigenvalue weighted by atomic mass is 16.6. The molecule has 0 aliphatic carbocycles. The normalized spacial score (nSPS) is 11.1. The Hall–Kier alpha value is -4.27. The Morgan fingerprint density at radius 3 is 2.35 bits per heavy atom. The number of nitro benzene ring substituents is 1. The topological polar surface area (TPSA) is 131 Å². The molecule has 0 unspecified atom stereocenters. The van der Waals surface area contributed by atoms with Crippen LogP contribution in [0.1, 0.15) is 35.7 Å². The van der Waals surface area contributed by atoms with Crippen molar-refractivity contribution in [3.8, 4) is 11.1 Å². The van der Waals surface area contributed by atoms with Gasteiger partial charge in [0.1, 0.15) is 0 Å². The number of fused-ring (bicyclic) bond motifs is 1. The summed E-state index contributed by atoms with van der Waals surface area (Å²) in [7, 11) is 0. The maximum Gasteiger partial charge on any atom is 0.335 e. The van der Waals surface area contributed by atoms with Crippen LogP contribution in [0.15, 0.2) is 59.2 Å². The summed E-state index contributed by atoms with van der Waals surface area (Å²) in [5, 5.41) is 31.3. The maximum absolute atomic E-state index is 11.5. The summed E-state index contributed by atoms with van der Waals surface area (Å²) >= 11 is 0. The third-order valence-electron chi connectivity index (χ3n) is 5.02. The van der Waals surface area contributed by atoms with E-state index < -0.39 is 10.9 Å². The second-order valence-corrected chi connectivity index (χ2v) is 7.32. The fourth-order valence-corrected chi connectivity index (χ4v) is 3.32. The number of nitrogens with zero attached hydrogens (tertiary/aromatic N) is 3. The Labute approximate surface area is 176 Å². The quantitative estimate of drug-likeness (QED) is 0.316. The van der Waals surface area contributed by atoms with Gasteiger partial charge in [-0.2, -0.15) is 0 Å². The second kappa shape index (κ2) is 7.86. The van der Waals surface area contributed by atoms with Crippen molar-refractivity contribution in [1.82, 2.24) is 10.3 Å². The maximum atomic E-state index is 11.5. The predicted molar refractivity (Wildman–Crippen MR) is 115 cm³/mol. The van der Waals surface area contributed by atoms with E-state index in [0.29, 0.717) is 22.9 Å². The number of non-ortho nitro benzene ring substituents is 1. The first-order valence-electron chi connectivity index (χ1n) is 9.49. The molecule has 9 heteroatoms. The lowest BCUT2D eigenvalue weighted by Crippen LogP contribution is -2.00. The van der Waals surface area contributed by atoms with Crippen molar-refractivity contribution in [3.63, 3.8) is 0 Å².